The largest absolute Gasteiger partial charge is 0.356 e. The molecular formula is C17H25ClN2O. The summed E-state index contributed by atoms with van der Waals surface area (Å²) in [5, 5.41) is 3.77. The third kappa shape index (κ3) is 5.33. The van der Waals surface area contributed by atoms with Crippen molar-refractivity contribution in [3.63, 3.8) is 0 Å². The first-order chi connectivity index (χ1) is 10.0. The number of nitrogens with one attached hydrogen (secondary N) is 1. The molecule has 0 unspecified atom stereocenters. The molecule has 1 N–H and O–H groups in total. The highest BCUT2D eigenvalue weighted by molar-refractivity contribution is 6.30. The fraction of sp³-hybridized carbons (Fsp3) is 0.588. The minimum absolute atomic E-state index is 0.101. The zero-order valence-electron chi connectivity index (χ0n) is 12.9. The second-order valence-corrected chi connectivity index (χ2v) is 6.62. The average Bonchev–Trinajstić information content (AvgIpc) is 2.48. The summed E-state index contributed by atoms with van der Waals surface area (Å²) in [7, 11) is 0. The number of hydrogen-bond donors (Lipinski definition) is 1. The van der Waals surface area contributed by atoms with Gasteiger partial charge in [-0.05, 0) is 63.4 Å². The quantitative estimate of drug-likeness (QED) is 0.906. The number of benzene rings is 1. The molecule has 0 spiro atoms. The number of carbonyl (C=O) groups excluding carboxylic acids is 1. The van der Waals surface area contributed by atoms with Gasteiger partial charge in [-0.3, -0.25) is 4.79 Å². The van der Waals surface area contributed by atoms with Crippen molar-refractivity contribution in [3.05, 3.63) is 34.9 Å². The molecule has 21 heavy (non-hydrogen) atoms. The summed E-state index contributed by atoms with van der Waals surface area (Å²) >= 11 is 5.84. The first kappa shape index (κ1) is 16.3. The highest BCUT2D eigenvalue weighted by Gasteiger charge is 2.21. The van der Waals surface area contributed by atoms with E-state index in [9.17, 15) is 4.79 Å². The van der Waals surface area contributed by atoms with Crippen molar-refractivity contribution in [3.8, 4) is 0 Å². The predicted octanol–water partition coefficient (Wildman–Crippen LogP) is 3.12. The Hall–Kier alpha value is -1.06. The van der Waals surface area contributed by atoms with Gasteiger partial charge in [-0.1, -0.05) is 23.7 Å². The molecule has 0 atom stereocenters. The molecule has 1 aromatic rings. The lowest BCUT2D eigenvalue weighted by atomic mass is 9.96. The van der Waals surface area contributed by atoms with Crippen LogP contribution in [0.25, 0.3) is 0 Å². The summed E-state index contributed by atoms with van der Waals surface area (Å²) < 4.78 is 0. The van der Waals surface area contributed by atoms with Crippen LogP contribution in [0.4, 0.5) is 0 Å². The SMILES string of the molecule is CC(C)N1CCC(CNC(=O)Cc2ccc(Cl)cc2)CC1. The van der Waals surface area contributed by atoms with E-state index in [2.05, 4.69) is 24.1 Å². The van der Waals surface area contributed by atoms with E-state index in [0.717, 1.165) is 25.2 Å². The maximum absolute atomic E-state index is 12.0. The zero-order chi connectivity index (χ0) is 15.2. The van der Waals surface area contributed by atoms with Crippen molar-refractivity contribution in [2.45, 2.75) is 39.2 Å². The van der Waals surface area contributed by atoms with Crippen molar-refractivity contribution in [1.29, 1.82) is 0 Å². The molecule has 1 heterocycles. The van der Waals surface area contributed by atoms with E-state index >= 15 is 0 Å². The van der Waals surface area contributed by atoms with Gasteiger partial charge in [0.05, 0.1) is 6.42 Å². The van der Waals surface area contributed by atoms with Gasteiger partial charge < -0.3 is 10.2 Å². The molecule has 4 heteroatoms. The average molecular weight is 309 g/mol. The molecule has 1 aliphatic rings. The van der Waals surface area contributed by atoms with Gasteiger partial charge in [0.25, 0.3) is 0 Å². The number of hydrogen-bond acceptors (Lipinski definition) is 2. The van der Waals surface area contributed by atoms with Crippen LogP contribution in [0.2, 0.25) is 5.02 Å². The number of halogens is 1. The van der Waals surface area contributed by atoms with E-state index in [0.29, 0.717) is 23.4 Å². The molecule has 0 aromatic heterocycles. The fourth-order valence-electron chi connectivity index (χ4n) is 2.78. The molecular weight excluding hydrogens is 284 g/mol. The van der Waals surface area contributed by atoms with E-state index < -0.39 is 0 Å². The number of amides is 1. The van der Waals surface area contributed by atoms with Crippen LogP contribution in [0.3, 0.4) is 0 Å². The summed E-state index contributed by atoms with van der Waals surface area (Å²) in [6, 6.07) is 8.09. The highest BCUT2D eigenvalue weighted by atomic mass is 35.5. The second kappa shape index (κ2) is 7.81. The van der Waals surface area contributed by atoms with Gasteiger partial charge in [-0.2, -0.15) is 0 Å². The lowest BCUT2D eigenvalue weighted by Crippen LogP contribution is -2.41. The number of rotatable bonds is 5. The van der Waals surface area contributed by atoms with Crippen molar-refractivity contribution < 1.29 is 4.79 Å². The number of nitrogens with zero attached hydrogens (tertiary/aromatic N) is 1. The first-order valence-corrected chi connectivity index (χ1v) is 8.17. The molecule has 1 fully saturated rings. The topological polar surface area (TPSA) is 32.3 Å². The lowest BCUT2D eigenvalue weighted by Gasteiger charge is -2.34. The third-order valence-electron chi connectivity index (χ3n) is 4.25. The minimum atomic E-state index is 0.101. The minimum Gasteiger partial charge on any atom is -0.356 e. The molecule has 1 aliphatic heterocycles. The lowest BCUT2D eigenvalue weighted by molar-refractivity contribution is -0.120. The number of piperidine rings is 1. The van der Waals surface area contributed by atoms with Crippen molar-refractivity contribution in [1.82, 2.24) is 10.2 Å². The Labute approximate surface area is 132 Å². The zero-order valence-corrected chi connectivity index (χ0v) is 13.7. The maximum atomic E-state index is 12.0. The van der Waals surface area contributed by atoms with Gasteiger partial charge in [-0.25, -0.2) is 0 Å². The van der Waals surface area contributed by atoms with Crippen molar-refractivity contribution in [2.24, 2.45) is 5.92 Å². The molecule has 1 aromatic carbocycles. The van der Waals surface area contributed by atoms with E-state index in [1.807, 2.05) is 24.3 Å². The summed E-state index contributed by atoms with van der Waals surface area (Å²) in [6.45, 7) is 7.59. The fourth-order valence-corrected chi connectivity index (χ4v) is 2.91. The summed E-state index contributed by atoms with van der Waals surface area (Å²) in [4.78, 5) is 14.5. The first-order valence-electron chi connectivity index (χ1n) is 7.80. The van der Waals surface area contributed by atoms with Crippen LogP contribution in [-0.2, 0) is 11.2 Å². The van der Waals surface area contributed by atoms with E-state index in [1.165, 1.54) is 12.8 Å². The Kier molecular flexibility index (Phi) is 6.07. The summed E-state index contributed by atoms with van der Waals surface area (Å²) in [5.41, 5.74) is 1.01. The van der Waals surface area contributed by atoms with Gasteiger partial charge in [0.15, 0.2) is 0 Å². The Morgan fingerprint density at radius 3 is 2.48 bits per heavy atom. The van der Waals surface area contributed by atoms with Crippen molar-refractivity contribution >= 4 is 17.5 Å². The molecule has 0 aliphatic carbocycles. The van der Waals surface area contributed by atoms with E-state index in [1.54, 1.807) is 0 Å². The van der Waals surface area contributed by atoms with Crippen LogP contribution in [0.1, 0.15) is 32.3 Å². The van der Waals surface area contributed by atoms with Gasteiger partial charge in [0.1, 0.15) is 0 Å². The maximum Gasteiger partial charge on any atom is 0.224 e. The normalized spacial score (nSPS) is 17.1. The predicted molar refractivity (Wildman–Crippen MR) is 87.6 cm³/mol. The van der Waals surface area contributed by atoms with Crippen LogP contribution in [0, 0.1) is 5.92 Å². The van der Waals surface area contributed by atoms with Crippen LogP contribution < -0.4 is 5.32 Å². The Balaban J connectivity index is 1.69. The van der Waals surface area contributed by atoms with Gasteiger partial charge in [-0.15, -0.1) is 0 Å². The van der Waals surface area contributed by atoms with Crippen LogP contribution >= 0.6 is 11.6 Å². The van der Waals surface area contributed by atoms with Crippen LogP contribution in [0.5, 0.6) is 0 Å². The van der Waals surface area contributed by atoms with Crippen LogP contribution in [0.15, 0.2) is 24.3 Å². The molecule has 0 bridgehead atoms. The van der Waals surface area contributed by atoms with Crippen molar-refractivity contribution in [2.75, 3.05) is 19.6 Å². The smallest absolute Gasteiger partial charge is 0.224 e. The third-order valence-corrected chi connectivity index (χ3v) is 4.50. The molecule has 116 valence electrons. The summed E-state index contributed by atoms with van der Waals surface area (Å²) in [5.74, 6) is 0.720. The van der Waals surface area contributed by atoms with Gasteiger partial charge >= 0.3 is 0 Å². The Morgan fingerprint density at radius 1 is 1.29 bits per heavy atom. The standard InChI is InChI=1S/C17H25ClN2O/c1-13(2)20-9-7-15(8-10-20)12-19-17(21)11-14-3-5-16(18)6-4-14/h3-6,13,15H,7-12H2,1-2H3,(H,19,21). The molecule has 2 rings (SSSR count). The second-order valence-electron chi connectivity index (χ2n) is 6.18. The van der Waals surface area contributed by atoms with Gasteiger partial charge in [0, 0.05) is 17.6 Å². The highest BCUT2D eigenvalue weighted by Crippen LogP contribution is 2.18. The molecule has 0 radical (unpaired) electrons. The van der Waals surface area contributed by atoms with E-state index in [4.69, 9.17) is 11.6 Å². The number of carbonyl (C=O) groups is 1. The van der Waals surface area contributed by atoms with Gasteiger partial charge in [0.2, 0.25) is 5.91 Å². The molecule has 1 saturated heterocycles. The van der Waals surface area contributed by atoms with E-state index in [-0.39, 0.29) is 5.91 Å². The molecule has 0 saturated carbocycles. The molecule has 1 amide bonds. The monoisotopic (exact) mass is 308 g/mol. The van der Waals surface area contributed by atoms with Crippen LogP contribution in [-0.4, -0.2) is 36.5 Å². The molecule has 3 nitrogen and oxygen atoms in total. The summed E-state index contributed by atoms with van der Waals surface area (Å²) in [6.07, 6.45) is 2.79. The Bertz CT molecular complexity index is 450. The Morgan fingerprint density at radius 2 is 1.90 bits per heavy atom. The number of likely N-dealkylation sites (tertiary alicyclic amines) is 1.